The van der Waals surface area contributed by atoms with Gasteiger partial charge in [-0.3, -0.25) is 0 Å². The van der Waals surface area contributed by atoms with E-state index < -0.39 is 0 Å². The Morgan fingerprint density at radius 1 is 0.258 bits per heavy atom. The average Bonchev–Trinajstić information content (AvgIpc) is 1.09. The Morgan fingerprint density at radius 3 is 0.688 bits per heavy atom. The minimum atomic E-state index is -0.378. The molecule has 0 fully saturated rings. The molecule has 3 rings (SSSR count). The summed E-state index contributed by atoms with van der Waals surface area (Å²) in [7, 11) is 0. The molecule has 0 N–H and O–H groups in total. The fourth-order valence-corrected chi connectivity index (χ4v) is 11.1. The molecular formula is C81H132O12. The van der Waals surface area contributed by atoms with E-state index in [1.165, 1.54) is 116 Å². The Hall–Kier alpha value is -5.52. The molecule has 3 aromatic rings. The Morgan fingerprint density at radius 2 is 0.473 bits per heavy atom. The largest absolute Gasteiger partial charge is 0.462 e. The van der Waals surface area contributed by atoms with Crippen molar-refractivity contribution in [2.24, 2.45) is 35.5 Å². The fraction of sp³-hybridized carbons (Fsp3) is 0.704. The first-order chi connectivity index (χ1) is 44.9. The van der Waals surface area contributed by atoms with Gasteiger partial charge in [0.05, 0.1) is 73.0 Å². The summed E-state index contributed by atoms with van der Waals surface area (Å²) in [5, 5.41) is 0. The van der Waals surface area contributed by atoms with Crippen LogP contribution in [0.25, 0.3) is 0 Å². The summed E-state index contributed by atoms with van der Waals surface area (Å²) in [4.78, 5) is 74.4. The molecule has 3 atom stereocenters. The molecular weight excluding hydrogens is 1160 g/mol. The highest BCUT2D eigenvalue weighted by Crippen LogP contribution is 2.22. The van der Waals surface area contributed by atoms with Crippen LogP contribution < -0.4 is 0 Å². The number of carbonyl (C=O) groups is 6. The van der Waals surface area contributed by atoms with E-state index in [-0.39, 0.29) is 35.8 Å². The summed E-state index contributed by atoms with van der Waals surface area (Å²) in [6, 6.07) is 20.0. The van der Waals surface area contributed by atoms with E-state index in [2.05, 4.69) is 83.1 Å². The van der Waals surface area contributed by atoms with Crippen LogP contribution in [0.4, 0.5) is 0 Å². The number of hydrogen-bond donors (Lipinski definition) is 0. The lowest BCUT2D eigenvalue weighted by Crippen LogP contribution is -2.16. The molecule has 3 aromatic carbocycles. The maximum Gasteiger partial charge on any atom is 0.338 e. The predicted molar refractivity (Wildman–Crippen MR) is 382 cm³/mol. The van der Waals surface area contributed by atoms with Gasteiger partial charge in [-0.15, -0.1) is 0 Å². The van der Waals surface area contributed by atoms with Gasteiger partial charge >= 0.3 is 35.8 Å². The van der Waals surface area contributed by atoms with Gasteiger partial charge in [-0.1, -0.05) is 255 Å². The van der Waals surface area contributed by atoms with Crippen molar-refractivity contribution in [3.63, 3.8) is 0 Å². The van der Waals surface area contributed by atoms with Crippen molar-refractivity contribution in [3.05, 3.63) is 106 Å². The van der Waals surface area contributed by atoms with Crippen molar-refractivity contribution in [1.82, 2.24) is 0 Å². The third kappa shape index (κ3) is 44.7. The highest BCUT2D eigenvalue weighted by molar-refractivity contribution is 5.97. The standard InChI is InChI=1S/C28H46O4.C27H44O4.C26H42O4/c1-5-9-11-16-23(14-7-3)21-31-27(29)25-18-13-19-26(20-25)28(30)32-22-24(15-8-4)17-12-10-6-2;1-5-7-10-16-23(14-6-2)21-31-27(29)25-18-13-17-24(20-25)26(28)30-19-12-9-8-11-15-22(3)4;1-21(2)14-9-5-7-11-18-29-25(27)23-16-13-17-24(20-23)26(28)30-19-12-8-6-10-15-22(3)4/h13,18-20,23-24H,5-12,14-17,21-22H2,1-4H3;13,17-18,20,22-23H,5-12,14-16,19,21H2,1-4H3;13,16-17,20-22H,5-12,14-15,18-19H2,1-4H3. The third-order valence-corrected chi connectivity index (χ3v) is 16.8. The molecule has 0 radical (unpaired) electrons. The first-order valence-electron chi connectivity index (χ1n) is 37.3. The number of esters is 6. The van der Waals surface area contributed by atoms with E-state index in [1.54, 1.807) is 72.8 Å². The molecule has 0 spiro atoms. The van der Waals surface area contributed by atoms with Crippen LogP contribution in [0.2, 0.25) is 0 Å². The van der Waals surface area contributed by atoms with Gasteiger partial charge in [-0.2, -0.15) is 0 Å². The molecule has 0 saturated carbocycles. The van der Waals surface area contributed by atoms with Gasteiger partial charge in [0, 0.05) is 0 Å². The summed E-state index contributed by atoms with van der Waals surface area (Å²) in [5.41, 5.74) is 2.44. The Bertz CT molecular complexity index is 2290. The second-order valence-corrected chi connectivity index (χ2v) is 27.2. The van der Waals surface area contributed by atoms with Gasteiger partial charge in [0.25, 0.3) is 0 Å². The Labute approximate surface area is 566 Å². The predicted octanol–water partition coefficient (Wildman–Crippen LogP) is 22.8. The lowest BCUT2D eigenvalue weighted by molar-refractivity contribution is 0.0409. The molecule has 528 valence electrons. The van der Waals surface area contributed by atoms with Gasteiger partial charge < -0.3 is 28.4 Å². The Kier molecular flexibility index (Phi) is 52.2. The molecule has 0 bridgehead atoms. The van der Waals surface area contributed by atoms with E-state index in [0.717, 1.165) is 114 Å². The van der Waals surface area contributed by atoms with Crippen LogP contribution in [0.15, 0.2) is 72.8 Å². The van der Waals surface area contributed by atoms with Crippen LogP contribution in [-0.4, -0.2) is 75.5 Å². The third-order valence-electron chi connectivity index (χ3n) is 16.8. The van der Waals surface area contributed by atoms with Crippen LogP contribution in [0.5, 0.6) is 0 Å². The maximum atomic E-state index is 12.6. The fourth-order valence-electron chi connectivity index (χ4n) is 11.1. The molecule has 3 unspecified atom stereocenters. The van der Waals surface area contributed by atoms with Crippen molar-refractivity contribution in [3.8, 4) is 0 Å². The second-order valence-electron chi connectivity index (χ2n) is 27.2. The monoisotopic (exact) mass is 1300 g/mol. The van der Waals surface area contributed by atoms with Crippen LogP contribution in [0, 0.1) is 35.5 Å². The molecule has 0 aliphatic carbocycles. The smallest absolute Gasteiger partial charge is 0.338 e. The number of unbranched alkanes of at least 4 members (excludes halogenated alkanes) is 15. The molecule has 93 heavy (non-hydrogen) atoms. The highest BCUT2D eigenvalue weighted by Gasteiger charge is 2.20. The van der Waals surface area contributed by atoms with E-state index in [1.807, 2.05) is 0 Å². The van der Waals surface area contributed by atoms with Crippen LogP contribution in [0.3, 0.4) is 0 Å². The van der Waals surface area contributed by atoms with Crippen LogP contribution in [0.1, 0.15) is 357 Å². The first kappa shape index (κ1) is 85.5. The van der Waals surface area contributed by atoms with Crippen LogP contribution >= 0.6 is 0 Å². The molecule has 0 heterocycles. The summed E-state index contributed by atoms with van der Waals surface area (Å²) in [6.45, 7) is 29.1. The minimum absolute atomic E-state index is 0.361. The molecule has 0 aliphatic heterocycles. The molecule has 0 amide bonds. The minimum Gasteiger partial charge on any atom is -0.462 e. The number of rotatable bonds is 51. The van der Waals surface area contributed by atoms with E-state index in [4.69, 9.17) is 28.4 Å². The molecule has 0 saturated heterocycles. The maximum absolute atomic E-state index is 12.6. The zero-order chi connectivity index (χ0) is 68.7. The number of benzene rings is 3. The van der Waals surface area contributed by atoms with Crippen molar-refractivity contribution in [2.75, 3.05) is 39.6 Å². The lowest BCUT2D eigenvalue weighted by atomic mass is 9.97. The van der Waals surface area contributed by atoms with E-state index >= 15 is 0 Å². The van der Waals surface area contributed by atoms with Crippen LogP contribution in [-0.2, 0) is 28.4 Å². The average molecular weight is 1300 g/mol. The van der Waals surface area contributed by atoms with E-state index in [9.17, 15) is 28.8 Å². The van der Waals surface area contributed by atoms with Gasteiger partial charge in [0.15, 0.2) is 0 Å². The topological polar surface area (TPSA) is 158 Å². The van der Waals surface area contributed by atoms with Crippen molar-refractivity contribution < 1.29 is 57.2 Å². The zero-order valence-corrected chi connectivity index (χ0v) is 60.9. The van der Waals surface area contributed by atoms with Gasteiger partial charge in [-0.05, 0) is 148 Å². The van der Waals surface area contributed by atoms with E-state index in [0.29, 0.717) is 90.8 Å². The second kappa shape index (κ2) is 56.8. The van der Waals surface area contributed by atoms with Crippen molar-refractivity contribution >= 4 is 35.8 Å². The molecule has 0 aromatic heterocycles. The first-order valence-corrected chi connectivity index (χ1v) is 37.3. The van der Waals surface area contributed by atoms with Gasteiger partial charge in [0.1, 0.15) is 0 Å². The van der Waals surface area contributed by atoms with Crippen molar-refractivity contribution in [1.29, 1.82) is 0 Å². The summed E-state index contributed by atoms with van der Waals surface area (Å²) in [5.74, 6) is 1.25. The normalized spacial score (nSPS) is 12.0. The molecule has 12 heteroatoms. The summed E-state index contributed by atoms with van der Waals surface area (Å²) >= 11 is 0. The number of hydrogen-bond acceptors (Lipinski definition) is 12. The Balaban J connectivity index is 0.000000698. The number of ether oxygens (including phenoxy) is 6. The summed E-state index contributed by atoms with van der Waals surface area (Å²) in [6.07, 6.45) is 37.4. The zero-order valence-electron chi connectivity index (χ0n) is 60.9. The van der Waals surface area contributed by atoms with Gasteiger partial charge in [0.2, 0.25) is 0 Å². The quantitative estimate of drug-likeness (QED) is 0.0300. The molecule has 0 aliphatic rings. The van der Waals surface area contributed by atoms with Crippen molar-refractivity contribution in [2.45, 2.75) is 295 Å². The SMILES string of the molecule is CC(C)CCCCCCOC(=O)c1cccc(C(=O)OCCCCCCC(C)C)c1.CCCCCC(CCC)COC(=O)c1cccc(C(=O)OCC(CCC)CCCCC)c1.CCCCCC(CCC)COC(=O)c1cccc(C(=O)OCCCCCCC(C)C)c1. The lowest BCUT2D eigenvalue weighted by Gasteiger charge is -2.17. The molecule has 12 nitrogen and oxygen atoms in total. The number of carbonyl (C=O) groups excluding carboxylic acids is 6. The van der Waals surface area contributed by atoms with Gasteiger partial charge in [-0.25, -0.2) is 28.8 Å². The highest BCUT2D eigenvalue weighted by atomic mass is 16.6. The summed E-state index contributed by atoms with van der Waals surface area (Å²) < 4.78 is 32.9.